The van der Waals surface area contributed by atoms with Crippen molar-refractivity contribution in [3.63, 3.8) is 0 Å². The zero-order valence-electron chi connectivity index (χ0n) is 26.6. The number of H-pyrrole nitrogens is 1. The largest absolute Gasteiger partial charge is 0.497 e. The first-order valence-electron chi connectivity index (χ1n) is 16.4. The van der Waals surface area contributed by atoms with Gasteiger partial charge in [0, 0.05) is 37.2 Å². The molecule has 2 aliphatic carbocycles. The van der Waals surface area contributed by atoms with Gasteiger partial charge in [-0.05, 0) is 78.1 Å². The molecule has 252 valence electrons. The Kier molecular flexibility index (Phi) is 7.67. The first-order valence-corrected chi connectivity index (χ1v) is 18.9. The maximum absolute atomic E-state index is 14.2. The van der Waals surface area contributed by atoms with Crippen molar-refractivity contribution in [3.05, 3.63) is 110 Å². The number of hydrogen-bond donors (Lipinski definition) is 2. The smallest absolute Gasteiger partial charge is 0.305 e. The lowest BCUT2D eigenvalue weighted by atomic mass is 9.68. The number of hydrogen-bond acceptors (Lipinski definition) is 8. The highest BCUT2D eigenvalue weighted by molar-refractivity contribution is 9.10. The molecule has 1 saturated heterocycles. The molecule has 4 aliphatic rings. The van der Waals surface area contributed by atoms with Crippen molar-refractivity contribution in [2.75, 3.05) is 23.9 Å². The summed E-state index contributed by atoms with van der Waals surface area (Å²) in [6.45, 7) is -0.218. The fourth-order valence-electron chi connectivity index (χ4n) is 8.91. The summed E-state index contributed by atoms with van der Waals surface area (Å²) in [5, 5.41) is 5.78. The number of thiazole rings is 1. The fraction of sp³-hybridized carbons (Fsp3) is 0.263. The molecule has 2 bridgehead atoms. The van der Waals surface area contributed by atoms with Gasteiger partial charge in [-0.25, -0.2) is 0 Å². The van der Waals surface area contributed by atoms with Crippen molar-refractivity contribution in [2.24, 2.45) is 29.6 Å². The van der Waals surface area contributed by atoms with E-state index in [1.54, 1.807) is 43.1 Å². The molecule has 3 heterocycles. The number of benzene rings is 4. The number of rotatable bonds is 7. The monoisotopic (exact) mass is 767 g/mol. The summed E-state index contributed by atoms with van der Waals surface area (Å²) in [5.74, 6) is -0.678. The Hall–Kier alpha value is -4.39. The number of aromatic amines is 1. The van der Waals surface area contributed by atoms with Crippen LogP contribution in [-0.4, -0.2) is 41.7 Å². The number of methoxy groups -OCH3 is 1. The van der Waals surface area contributed by atoms with Crippen LogP contribution < -0.4 is 24.6 Å². The molecular weight excluding hydrogens is 738 g/mol. The predicted molar refractivity (Wildman–Crippen MR) is 196 cm³/mol. The highest BCUT2D eigenvalue weighted by Gasteiger charge is 2.70. The van der Waals surface area contributed by atoms with Crippen LogP contribution in [0.4, 0.5) is 11.4 Å². The Morgan fingerprint density at radius 1 is 0.960 bits per heavy atom. The van der Waals surface area contributed by atoms with Gasteiger partial charge in [-0.1, -0.05) is 63.7 Å². The fourth-order valence-corrected chi connectivity index (χ4v) is 12.2. The number of nitrogens with zero attached hydrogens (tertiary/aromatic N) is 1. The van der Waals surface area contributed by atoms with Crippen molar-refractivity contribution in [1.29, 1.82) is 0 Å². The van der Waals surface area contributed by atoms with Gasteiger partial charge in [0.1, 0.15) is 11.5 Å². The normalized spacial score (nSPS) is 26.1. The van der Waals surface area contributed by atoms with Crippen LogP contribution >= 0.6 is 39.0 Å². The third kappa shape index (κ3) is 4.94. The molecule has 6 unspecified atom stereocenters. The van der Waals surface area contributed by atoms with Gasteiger partial charge in [-0.15, -0.1) is 11.8 Å². The number of carbonyl (C=O) groups excluding carboxylic acids is 3. The molecular formula is C38H30BrN3O6S2. The van der Waals surface area contributed by atoms with E-state index in [0.717, 1.165) is 37.1 Å². The van der Waals surface area contributed by atoms with Gasteiger partial charge >= 0.3 is 4.87 Å². The zero-order valence-corrected chi connectivity index (χ0v) is 29.8. The quantitative estimate of drug-likeness (QED) is 0.171. The van der Waals surface area contributed by atoms with Gasteiger partial charge in [-0.3, -0.25) is 24.1 Å². The summed E-state index contributed by atoms with van der Waals surface area (Å²) >= 11 is 6.47. The van der Waals surface area contributed by atoms with Crippen molar-refractivity contribution in [3.8, 4) is 11.5 Å². The molecule has 1 aromatic heterocycles. The van der Waals surface area contributed by atoms with Crippen LogP contribution in [0.15, 0.2) is 99.2 Å². The Labute approximate surface area is 303 Å². The summed E-state index contributed by atoms with van der Waals surface area (Å²) in [5.41, 5.74) is 2.10. The van der Waals surface area contributed by atoms with E-state index in [4.69, 9.17) is 9.47 Å². The van der Waals surface area contributed by atoms with Crippen LogP contribution in [0, 0.1) is 29.6 Å². The molecule has 5 aromatic rings. The number of halogens is 1. The van der Waals surface area contributed by atoms with Crippen LogP contribution in [0.2, 0.25) is 0 Å². The Morgan fingerprint density at radius 3 is 2.52 bits per heavy atom. The summed E-state index contributed by atoms with van der Waals surface area (Å²) in [7, 11) is 1.58. The molecule has 9 nitrogen and oxygen atoms in total. The van der Waals surface area contributed by atoms with E-state index in [2.05, 4.69) is 26.2 Å². The standard InChI is InChI=1S/C38H30BrN3O6S2/c1-47-21-12-10-20(11-13-21)42-36(44)31-24-16-25(32(31)37(42)45)33-30(24)29(34-35(49-33)41-38(46)50-34)23-15-19(39)9-14-27(23)48-17-28(43)40-26-8-4-6-18-5-2-3-7-22(18)26/h2-15,24-25,29-33H,16-17H2,1H3,(H,40,43)(H,41,46)/t24?,25?,29-,30?,31?,32?,33?/m1/s1. The SMILES string of the molecule is COc1ccc(N2C(=O)C3C4CC(C3C2=O)C2C4Sc3[nH]c(=O)sc3[C@@H]2c2cc(Br)ccc2OCC(=O)Nc2cccc3ccccc23)cc1. The number of imide groups is 1. The Balaban J connectivity index is 1.04. The van der Waals surface area contributed by atoms with Gasteiger partial charge in [0.2, 0.25) is 11.8 Å². The topological polar surface area (TPSA) is 118 Å². The van der Waals surface area contributed by atoms with E-state index in [1.807, 2.05) is 60.7 Å². The van der Waals surface area contributed by atoms with Crippen LogP contribution in [0.1, 0.15) is 22.8 Å². The van der Waals surface area contributed by atoms with E-state index < -0.39 is 11.8 Å². The molecule has 4 aromatic carbocycles. The third-order valence-electron chi connectivity index (χ3n) is 10.8. The van der Waals surface area contributed by atoms with Crippen molar-refractivity contribution >= 4 is 78.9 Å². The average Bonchev–Trinajstić information content (AvgIpc) is 3.86. The van der Waals surface area contributed by atoms with Crippen molar-refractivity contribution < 1.29 is 23.9 Å². The second kappa shape index (κ2) is 12.1. The van der Waals surface area contributed by atoms with Gasteiger partial charge in [-0.2, -0.15) is 0 Å². The summed E-state index contributed by atoms with van der Waals surface area (Å²) in [6, 6.07) is 26.4. The summed E-state index contributed by atoms with van der Waals surface area (Å²) < 4.78 is 12.4. The number of amides is 3. The first-order chi connectivity index (χ1) is 24.3. The highest BCUT2D eigenvalue weighted by atomic mass is 79.9. The van der Waals surface area contributed by atoms with E-state index in [1.165, 1.54) is 16.2 Å². The lowest BCUT2D eigenvalue weighted by molar-refractivity contribution is -0.123. The minimum atomic E-state index is -0.445. The molecule has 9 rings (SSSR count). The molecule has 3 amide bonds. The number of ether oxygens (including phenoxy) is 2. The lowest BCUT2D eigenvalue weighted by Crippen LogP contribution is -2.42. The zero-order chi connectivity index (χ0) is 34.3. The second-order valence-electron chi connectivity index (χ2n) is 13.2. The van der Waals surface area contributed by atoms with Crippen LogP contribution in [0.5, 0.6) is 11.5 Å². The second-order valence-corrected chi connectivity index (χ2v) is 16.3. The minimum absolute atomic E-state index is 0.0121. The molecule has 0 radical (unpaired) electrons. The molecule has 3 fully saturated rings. The van der Waals surface area contributed by atoms with Crippen LogP contribution in [0.3, 0.4) is 0 Å². The number of nitrogens with one attached hydrogen (secondary N) is 2. The molecule has 2 saturated carbocycles. The van der Waals surface area contributed by atoms with Gasteiger partial charge in [0.05, 0.1) is 29.7 Å². The number of anilines is 2. The molecule has 50 heavy (non-hydrogen) atoms. The van der Waals surface area contributed by atoms with Gasteiger partial charge in [0.15, 0.2) is 6.61 Å². The van der Waals surface area contributed by atoms with Gasteiger partial charge < -0.3 is 19.8 Å². The number of carbonyl (C=O) groups is 3. The van der Waals surface area contributed by atoms with Crippen molar-refractivity contribution in [1.82, 2.24) is 4.98 Å². The van der Waals surface area contributed by atoms with Crippen LogP contribution in [-0.2, 0) is 14.4 Å². The molecule has 2 N–H and O–H groups in total. The van der Waals surface area contributed by atoms with E-state index in [-0.39, 0.29) is 58.1 Å². The van der Waals surface area contributed by atoms with Gasteiger partial charge in [0.25, 0.3) is 5.91 Å². The number of aromatic nitrogens is 1. The predicted octanol–water partition coefficient (Wildman–Crippen LogP) is 7.06. The maximum Gasteiger partial charge on any atom is 0.305 e. The van der Waals surface area contributed by atoms with E-state index in [0.29, 0.717) is 22.9 Å². The number of thioether (sulfide) groups is 1. The third-order valence-corrected chi connectivity index (χ3v) is 13.9. The minimum Gasteiger partial charge on any atom is -0.497 e. The summed E-state index contributed by atoms with van der Waals surface area (Å²) in [4.78, 5) is 59.5. The van der Waals surface area contributed by atoms with Crippen molar-refractivity contribution in [2.45, 2.75) is 22.6 Å². The number of fused-ring (bicyclic) bond motifs is 10. The Bertz CT molecular complexity index is 2270. The average molecular weight is 769 g/mol. The summed E-state index contributed by atoms with van der Waals surface area (Å²) in [6.07, 6.45) is 0.763. The molecule has 7 atom stereocenters. The lowest BCUT2D eigenvalue weighted by Gasteiger charge is -2.43. The Morgan fingerprint density at radius 2 is 1.72 bits per heavy atom. The van der Waals surface area contributed by atoms with E-state index in [9.17, 15) is 19.2 Å². The highest BCUT2D eigenvalue weighted by Crippen LogP contribution is 2.69. The van der Waals surface area contributed by atoms with E-state index >= 15 is 0 Å². The molecule has 0 spiro atoms. The molecule has 12 heteroatoms. The molecule has 2 aliphatic heterocycles. The van der Waals surface area contributed by atoms with Crippen LogP contribution in [0.25, 0.3) is 10.8 Å². The maximum atomic E-state index is 14.2. The first kappa shape index (κ1) is 31.6.